The van der Waals surface area contributed by atoms with Gasteiger partial charge in [0, 0.05) is 43.6 Å². The molecule has 3 aliphatic rings. The van der Waals surface area contributed by atoms with Gasteiger partial charge in [-0.15, -0.1) is 0 Å². The van der Waals surface area contributed by atoms with E-state index in [0.717, 1.165) is 18.7 Å². The first-order valence-electron chi connectivity index (χ1n) is 8.38. The highest BCUT2D eigenvalue weighted by Crippen LogP contribution is 2.42. The van der Waals surface area contributed by atoms with Crippen LogP contribution in [-0.4, -0.2) is 36.3 Å². The number of likely N-dealkylation sites (tertiary alicyclic amines) is 1. The van der Waals surface area contributed by atoms with Gasteiger partial charge in [-0.1, -0.05) is 0 Å². The lowest BCUT2D eigenvalue weighted by Gasteiger charge is -2.24. The number of hydrogen-bond donors (Lipinski definition) is 0. The minimum atomic E-state index is -0.298. The highest BCUT2D eigenvalue weighted by Gasteiger charge is 2.49. The molecule has 4 rings (SSSR count). The molecule has 2 amide bonds. The first-order valence-corrected chi connectivity index (χ1v) is 8.38. The van der Waals surface area contributed by atoms with Gasteiger partial charge in [-0.05, 0) is 49.4 Å². The highest BCUT2D eigenvalue weighted by molar-refractivity contribution is 5.96. The lowest BCUT2D eigenvalue weighted by Crippen LogP contribution is -2.34. The van der Waals surface area contributed by atoms with Crippen molar-refractivity contribution in [3.63, 3.8) is 0 Å². The maximum absolute atomic E-state index is 13.1. The third-order valence-electron chi connectivity index (χ3n) is 5.41. The SMILES string of the molecule is O=C(CC1CC1)N1CCC2(CC(=O)N(c3ccc(F)cc3)C2)C1. The van der Waals surface area contributed by atoms with E-state index < -0.39 is 0 Å². The van der Waals surface area contributed by atoms with Gasteiger partial charge in [0.2, 0.25) is 11.8 Å². The molecular weight excluding hydrogens is 295 g/mol. The molecule has 0 N–H and O–H groups in total. The van der Waals surface area contributed by atoms with Crippen molar-refractivity contribution in [2.75, 3.05) is 24.5 Å². The van der Waals surface area contributed by atoms with Crippen molar-refractivity contribution in [3.05, 3.63) is 30.1 Å². The Morgan fingerprint density at radius 1 is 1.22 bits per heavy atom. The van der Waals surface area contributed by atoms with E-state index in [4.69, 9.17) is 0 Å². The molecule has 3 fully saturated rings. The maximum Gasteiger partial charge on any atom is 0.227 e. The molecule has 1 saturated carbocycles. The van der Waals surface area contributed by atoms with Gasteiger partial charge in [-0.3, -0.25) is 9.59 Å². The van der Waals surface area contributed by atoms with Crippen molar-refractivity contribution in [1.29, 1.82) is 0 Å². The molecule has 1 unspecified atom stereocenters. The Bertz CT molecular complexity index is 641. The predicted octanol–water partition coefficient (Wildman–Crippen LogP) is 2.58. The summed E-state index contributed by atoms with van der Waals surface area (Å²) >= 11 is 0. The molecule has 2 saturated heterocycles. The van der Waals surface area contributed by atoms with E-state index in [1.807, 2.05) is 4.90 Å². The van der Waals surface area contributed by atoms with Crippen molar-refractivity contribution >= 4 is 17.5 Å². The summed E-state index contributed by atoms with van der Waals surface area (Å²) in [7, 11) is 0. The molecule has 0 radical (unpaired) electrons. The summed E-state index contributed by atoms with van der Waals surface area (Å²) in [6.45, 7) is 2.07. The number of carbonyl (C=O) groups is 2. The molecule has 0 aromatic heterocycles. The third-order valence-corrected chi connectivity index (χ3v) is 5.41. The van der Waals surface area contributed by atoms with Gasteiger partial charge in [0.05, 0.1) is 0 Å². The minimum Gasteiger partial charge on any atom is -0.342 e. The van der Waals surface area contributed by atoms with Crippen LogP contribution in [-0.2, 0) is 9.59 Å². The fourth-order valence-electron chi connectivity index (χ4n) is 3.87. The zero-order chi connectivity index (χ0) is 16.0. The average Bonchev–Trinajstić information content (AvgIpc) is 3.15. The first kappa shape index (κ1) is 14.7. The van der Waals surface area contributed by atoms with E-state index in [0.29, 0.717) is 31.8 Å². The van der Waals surface area contributed by atoms with Crippen LogP contribution in [0.2, 0.25) is 0 Å². The lowest BCUT2D eigenvalue weighted by molar-refractivity contribution is -0.131. The summed E-state index contributed by atoms with van der Waals surface area (Å²) in [4.78, 5) is 28.4. The number of rotatable bonds is 3. The molecule has 4 nitrogen and oxygen atoms in total. The molecule has 1 atom stereocenters. The van der Waals surface area contributed by atoms with Crippen LogP contribution in [0.5, 0.6) is 0 Å². The van der Waals surface area contributed by atoms with Crippen molar-refractivity contribution in [2.24, 2.45) is 11.3 Å². The first-order chi connectivity index (χ1) is 11.0. The summed E-state index contributed by atoms with van der Waals surface area (Å²) in [5, 5.41) is 0. The largest absolute Gasteiger partial charge is 0.342 e. The van der Waals surface area contributed by atoms with Crippen LogP contribution in [0.1, 0.15) is 32.1 Å². The molecule has 1 aromatic rings. The Hall–Kier alpha value is -1.91. The van der Waals surface area contributed by atoms with Gasteiger partial charge in [-0.25, -0.2) is 4.39 Å². The number of benzene rings is 1. The van der Waals surface area contributed by atoms with Gasteiger partial charge < -0.3 is 9.80 Å². The smallest absolute Gasteiger partial charge is 0.227 e. The number of amides is 2. The van der Waals surface area contributed by atoms with Crippen molar-refractivity contribution in [1.82, 2.24) is 4.90 Å². The minimum absolute atomic E-state index is 0.0769. The molecule has 1 aromatic carbocycles. The maximum atomic E-state index is 13.1. The molecule has 5 heteroatoms. The van der Waals surface area contributed by atoms with Gasteiger partial charge in [-0.2, -0.15) is 0 Å². The Morgan fingerprint density at radius 2 is 1.96 bits per heavy atom. The Balaban J connectivity index is 1.45. The fourth-order valence-corrected chi connectivity index (χ4v) is 3.87. The standard InChI is InChI=1S/C18H21FN2O2/c19-14-3-5-15(6-4-14)21-12-18(10-17(21)23)7-8-20(11-18)16(22)9-13-1-2-13/h3-6,13H,1-2,7-12H2. The highest BCUT2D eigenvalue weighted by atomic mass is 19.1. The molecule has 1 aliphatic carbocycles. The average molecular weight is 316 g/mol. The quantitative estimate of drug-likeness (QED) is 0.860. The molecule has 2 aliphatic heterocycles. The summed E-state index contributed by atoms with van der Waals surface area (Å²) in [5.41, 5.74) is 0.626. The fraction of sp³-hybridized carbons (Fsp3) is 0.556. The molecule has 122 valence electrons. The zero-order valence-corrected chi connectivity index (χ0v) is 13.1. The second-order valence-electron chi connectivity index (χ2n) is 7.35. The summed E-state index contributed by atoms with van der Waals surface area (Å²) in [6, 6.07) is 6.07. The van der Waals surface area contributed by atoms with Gasteiger partial charge in [0.15, 0.2) is 0 Å². The molecule has 23 heavy (non-hydrogen) atoms. The van der Waals surface area contributed by atoms with E-state index in [-0.39, 0.29) is 23.0 Å². The Kier molecular flexibility index (Phi) is 3.39. The van der Waals surface area contributed by atoms with E-state index in [9.17, 15) is 14.0 Å². The van der Waals surface area contributed by atoms with Gasteiger partial charge in [0.1, 0.15) is 5.82 Å². The zero-order valence-electron chi connectivity index (χ0n) is 13.1. The van der Waals surface area contributed by atoms with Crippen LogP contribution in [0.4, 0.5) is 10.1 Å². The molecule has 0 bridgehead atoms. The van der Waals surface area contributed by atoms with Crippen LogP contribution >= 0.6 is 0 Å². The summed E-state index contributed by atoms with van der Waals surface area (Å²) in [5.74, 6) is 0.623. The molecule has 2 heterocycles. The molecular formula is C18H21FN2O2. The van der Waals surface area contributed by atoms with E-state index >= 15 is 0 Å². The van der Waals surface area contributed by atoms with E-state index in [1.54, 1.807) is 17.0 Å². The van der Waals surface area contributed by atoms with Crippen LogP contribution in [0.15, 0.2) is 24.3 Å². The normalized spacial score (nSPS) is 27.3. The van der Waals surface area contributed by atoms with Gasteiger partial charge >= 0.3 is 0 Å². The van der Waals surface area contributed by atoms with Gasteiger partial charge in [0.25, 0.3) is 0 Å². The lowest BCUT2D eigenvalue weighted by atomic mass is 9.86. The summed E-state index contributed by atoms with van der Waals surface area (Å²) < 4.78 is 13.1. The molecule has 1 spiro atoms. The van der Waals surface area contributed by atoms with Crippen molar-refractivity contribution in [2.45, 2.75) is 32.1 Å². The predicted molar refractivity (Wildman–Crippen MR) is 84.3 cm³/mol. The monoisotopic (exact) mass is 316 g/mol. The Labute approximate surface area is 135 Å². The summed E-state index contributed by atoms with van der Waals surface area (Å²) in [6.07, 6.45) is 4.40. The number of anilines is 1. The topological polar surface area (TPSA) is 40.6 Å². The number of carbonyl (C=O) groups excluding carboxylic acids is 2. The number of nitrogens with zero attached hydrogens (tertiary/aromatic N) is 2. The number of halogens is 1. The second kappa shape index (κ2) is 5.32. The third kappa shape index (κ3) is 2.84. The van der Waals surface area contributed by atoms with Crippen LogP contribution < -0.4 is 4.90 Å². The van der Waals surface area contributed by atoms with Crippen LogP contribution in [0.3, 0.4) is 0 Å². The van der Waals surface area contributed by atoms with E-state index in [1.165, 1.54) is 25.0 Å². The van der Waals surface area contributed by atoms with Crippen LogP contribution in [0.25, 0.3) is 0 Å². The Morgan fingerprint density at radius 3 is 2.65 bits per heavy atom. The second-order valence-corrected chi connectivity index (χ2v) is 7.35. The van der Waals surface area contributed by atoms with Crippen molar-refractivity contribution in [3.8, 4) is 0 Å². The van der Waals surface area contributed by atoms with E-state index in [2.05, 4.69) is 0 Å². The van der Waals surface area contributed by atoms with Crippen molar-refractivity contribution < 1.29 is 14.0 Å². The van der Waals surface area contributed by atoms with Crippen LogP contribution in [0, 0.1) is 17.2 Å². The number of hydrogen-bond acceptors (Lipinski definition) is 2.